The minimum atomic E-state index is -0.470. The zero-order chi connectivity index (χ0) is 23.7. The number of ether oxygens (including phenoxy) is 1. The Morgan fingerprint density at radius 3 is 2.38 bits per heavy atom. The first-order chi connectivity index (χ1) is 15.1. The SMILES string of the molecule is CC1CCCC1.CCC(N)=Nc1ccc(C2=CCC(NC(=O)OC(C)(C)C)CC2)cc1C. The minimum Gasteiger partial charge on any atom is -0.444 e. The molecule has 2 aliphatic rings. The Morgan fingerprint density at radius 2 is 1.91 bits per heavy atom. The number of hydrogen-bond donors (Lipinski definition) is 2. The number of carbonyl (C=O) groups excluding carboxylic acids is 1. The van der Waals surface area contributed by atoms with Crippen molar-refractivity contribution in [1.29, 1.82) is 0 Å². The fourth-order valence-electron chi connectivity index (χ4n) is 4.05. The van der Waals surface area contributed by atoms with Crippen LogP contribution in [0, 0.1) is 12.8 Å². The normalized spacial score (nSPS) is 19.6. The van der Waals surface area contributed by atoms with Crippen LogP contribution in [0.25, 0.3) is 5.57 Å². The Balaban J connectivity index is 0.000000520. The summed E-state index contributed by atoms with van der Waals surface area (Å²) in [6, 6.07) is 6.42. The van der Waals surface area contributed by atoms with Gasteiger partial charge in [-0.3, -0.25) is 0 Å². The largest absolute Gasteiger partial charge is 0.444 e. The fourth-order valence-corrected chi connectivity index (χ4v) is 4.05. The molecule has 0 radical (unpaired) electrons. The number of rotatable bonds is 4. The van der Waals surface area contributed by atoms with Gasteiger partial charge in [0.15, 0.2) is 0 Å². The number of hydrogen-bond acceptors (Lipinski definition) is 3. The molecule has 1 aromatic carbocycles. The quantitative estimate of drug-likeness (QED) is 0.388. The topological polar surface area (TPSA) is 76.7 Å². The second kappa shape index (κ2) is 12.1. The summed E-state index contributed by atoms with van der Waals surface area (Å²) in [6.07, 6.45) is 11.2. The summed E-state index contributed by atoms with van der Waals surface area (Å²) >= 11 is 0. The van der Waals surface area contributed by atoms with Crippen LogP contribution >= 0.6 is 0 Å². The van der Waals surface area contributed by atoms with Gasteiger partial charge in [0.2, 0.25) is 0 Å². The van der Waals surface area contributed by atoms with E-state index in [2.05, 4.69) is 42.4 Å². The Morgan fingerprint density at radius 1 is 1.22 bits per heavy atom. The number of nitrogens with one attached hydrogen (secondary N) is 1. The highest BCUT2D eigenvalue weighted by atomic mass is 16.6. The van der Waals surface area contributed by atoms with E-state index in [1.165, 1.54) is 36.8 Å². The third kappa shape index (κ3) is 9.05. The van der Waals surface area contributed by atoms with E-state index in [9.17, 15) is 4.79 Å². The van der Waals surface area contributed by atoms with Gasteiger partial charge in [-0.15, -0.1) is 0 Å². The van der Waals surface area contributed by atoms with Crippen LogP contribution in [0.2, 0.25) is 0 Å². The van der Waals surface area contributed by atoms with Crippen LogP contribution in [0.15, 0.2) is 29.3 Å². The highest BCUT2D eigenvalue weighted by Crippen LogP contribution is 2.30. The second-order valence-corrected chi connectivity index (χ2v) is 10.2. The van der Waals surface area contributed by atoms with Crippen LogP contribution in [0.3, 0.4) is 0 Å². The number of aliphatic imine (C=N–C) groups is 1. The van der Waals surface area contributed by atoms with Gasteiger partial charge in [0, 0.05) is 12.5 Å². The molecule has 1 fully saturated rings. The predicted molar refractivity (Wildman–Crippen MR) is 135 cm³/mol. The number of amides is 1. The maximum atomic E-state index is 11.9. The molecule has 2 aliphatic carbocycles. The Bertz CT molecular complexity index is 815. The van der Waals surface area contributed by atoms with Crippen LogP contribution in [0.5, 0.6) is 0 Å². The number of nitrogens with two attached hydrogens (primary N) is 1. The number of alkyl carbamates (subject to hydrolysis) is 1. The lowest BCUT2D eigenvalue weighted by Gasteiger charge is -2.26. The van der Waals surface area contributed by atoms with Crippen molar-refractivity contribution in [1.82, 2.24) is 5.32 Å². The van der Waals surface area contributed by atoms with Crippen molar-refractivity contribution in [2.24, 2.45) is 16.6 Å². The molecule has 5 nitrogen and oxygen atoms in total. The van der Waals surface area contributed by atoms with E-state index in [0.717, 1.165) is 42.9 Å². The summed E-state index contributed by atoms with van der Waals surface area (Å²) in [7, 11) is 0. The van der Waals surface area contributed by atoms with Crippen LogP contribution in [0.4, 0.5) is 10.5 Å². The second-order valence-electron chi connectivity index (χ2n) is 10.2. The van der Waals surface area contributed by atoms with E-state index in [1.54, 1.807) is 0 Å². The van der Waals surface area contributed by atoms with Crippen LogP contribution in [-0.4, -0.2) is 23.6 Å². The number of nitrogens with zero attached hydrogens (tertiary/aromatic N) is 1. The lowest BCUT2D eigenvalue weighted by Crippen LogP contribution is -2.39. The molecular weight excluding hydrogens is 398 g/mol. The zero-order valence-corrected chi connectivity index (χ0v) is 21.0. The zero-order valence-electron chi connectivity index (χ0n) is 21.0. The van der Waals surface area contributed by atoms with E-state index in [4.69, 9.17) is 10.5 Å². The van der Waals surface area contributed by atoms with Gasteiger partial charge in [-0.25, -0.2) is 9.79 Å². The first kappa shape index (κ1) is 26.0. The summed E-state index contributed by atoms with van der Waals surface area (Å²) in [5.74, 6) is 1.69. The third-order valence-corrected chi connectivity index (χ3v) is 5.97. The van der Waals surface area contributed by atoms with Crippen molar-refractivity contribution in [3.05, 3.63) is 35.4 Å². The van der Waals surface area contributed by atoms with Crippen molar-refractivity contribution in [2.75, 3.05) is 0 Å². The maximum Gasteiger partial charge on any atom is 0.407 e. The summed E-state index contributed by atoms with van der Waals surface area (Å²) in [5, 5.41) is 2.96. The maximum absolute atomic E-state index is 11.9. The number of carbonyl (C=O) groups is 1. The summed E-state index contributed by atoms with van der Waals surface area (Å²) in [4.78, 5) is 16.3. The first-order valence-corrected chi connectivity index (χ1v) is 12.2. The molecule has 3 rings (SSSR count). The monoisotopic (exact) mass is 441 g/mol. The molecule has 1 aromatic rings. The predicted octanol–water partition coefficient (Wildman–Crippen LogP) is 7.05. The first-order valence-electron chi connectivity index (χ1n) is 12.2. The molecule has 1 amide bonds. The lowest BCUT2D eigenvalue weighted by molar-refractivity contribution is 0.0502. The standard InChI is InChI=1S/C21H31N3O2.C6H12/c1-6-19(22)24-18-12-9-16(13-14(18)2)15-7-10-17(11-8-15)23-20(25)26-21(3,4)5;1-6-4-2-3-5-6/h7,9,12-13,17H,6,8,10-11H2,1-5H3,(H2,22,24)(H,23,25);6H,2-5H2,1H3. The highest BCUT2D eigenvalue weighted by molar-refractivity contribution is 5.83. The van der Waals surface area contributed by atoms with Crippen molar-refractivity contribution >= 4 is 23.2 Å². The van der Waals surface area contributed by atoms with Gasteiger partial charge >= 0.3 is 6.09 Å². The van der Waals surface area contributed by atoms with Crippen LogP contribution in [-0.2, 0) is 4.74 Å². The molecule has 178 valence electrons. The number of amidine groups is 1. The summed E-state index contributed by atoms with van der Waals surface area (Å²) < 4.78 is 5.33. The van der Waals surface area contributed by atoms with E-state index in [1.807, 2.05) is 33.8 Å². The Kier molecular flexibility index (Phi) is 9.80. The molecule has 0 aliphatic heterocycles. The molecule has 32 heavy (non-hydrogen) atoms. The van der Waals surface area contributed by atoms with Crippen molar-refractivity contribution in [3.8, 4) is 0 Å². The van der Waals surface area contributed by atoms with Gasteiger partial charge in [-0.1, -0.05) is 51.7 Å². The number of aryl methyl sites for hydroxylation is 1. The molecule has 3 N–H and O–H groups in total. The summed E-state index contributed by atoms with van der Waals surface area (Å²) in [5.41, 5.74) is 9.95. The molecular formula is C27H43N3O2. The van der Waals surface area contributed by atoms with Gasteiger partial charge in [0.05, 0.1) is 11.5 Å². The highest BCUT2D eigenvalue weighted by Gasteiger charge is 2.21. The van der Waals surface area contributed by atoms with Crippen LogP contribution < -0.4 is 11.1 Å². The fraction of sp³-hybridized carbons (Fsp3) is 0.630. The third-order valence-electron chi connectivity index (χ3n) is 5.97. The molecule has 0 heterocycles. The number of allylic oxidation sites excluding steroid dienone is 1. The molecule has 0 spiro atoms. The van der Waals surface area contributed by atoms with Gasteiger partial charge in [0.25, 0.3) is 0 Å². The molecule has 0 bridgehead atoms. The van der Waals surface area contributed by atoms with Gasteiger partial charge in [-0.2, -0.15) is 0 Å². The van der Waals surface area contributed by atoms with Crippen LogP contribution in [0.1, 0.15) is 97.1 Å². The van der Waals surface area contributed by atoms with Gasteiger partial charge in [-0.05, 0) is 81.7 Å². The number of benzene rings is 1. The lowest BCUT2D eigenvalue weighted by atomic mass is 9.90. The molecule has 0 saturated heterocycles. The smallest absolute Gasteiger partial charge is 0.407 e. The van der Waals surface area contributed by atoms with Gasteiger partial charge in [0.1, 0.15) is 5.60 Å². The van der Waals surface area contributed by atoms with E-state index < -0.39 is 5.60 Å². The molecule has 0 aromatic heterocycles. The average molecular weight is 442 g/mol. The van der Waals surface area contributed by atoms with Gasteiger partial charge < -0.3 is 15.8 Å². The molecule has 1 saturated carbocycles. The van der Waals surface area contributed by atoms with Crippen molar-refractivity contribution < 1.29 is 9.53 Å². The van der Waals surface area contributed by atoms with E-state index >= 15 is 0 Å². The summed E-state index contributed by atoms with van der Waals surface area (Å²) in [6.45, 7) is 12.0. The average Bonchev–Trinajstić information content (AvgIpc) is 3.20. The Hall–Kier alpha value is -2.30. The van der Waals surface area contributed by atoms with Crippen molar-refractivity contribution in [2.45, 2.75) is 105 Å². The molecule has 1 atom stereocenters. The molecule has 1 unspecified atom stereocenters. The molecule has 5 heteroatoms. The van der Waals surface area contributed by atoms with E-state index in [0.29, 0.717) is 5.84 Å². The van der Waals surface area contributed by atoms with Crippen molar-refractivity contribution in [3.63, 3.8) is 0 Å². The Labute approximate surface area is 194 Å². The minimum absolute atomic E-state index is 0.128. The van der Waals surface area contributed by atoms with E-state index in [-0.39, 0.29) is 12.1 Å².